The molecule has 0 aromatic heterocycles. The number of benzene rings is 1. The fraction of sp³-hybridized carbons (Fsp3) is 0.438. The first-order valence-electron chi connectivity index (χ1n) is 7.43. The van der Waals surface area contributed by atoms with Gasteiger partial charge >= 0.3 is 5.97 Å². The Morgan fingerprint density at radius 3 is 2.57 bits per heavy atom. The van der Waals surface area contributed by atoms with Gasteiger partial charge in [0.15, 0.2) is 0 Å². The molecular weight excluding hydrogens is 298 g/mol. The summed E-state index contributed by atoms with van der Waals surface area (Å²) in [6, 6.07) is 7.04. The van der Waals surface area contributed by atoms with Crippen LogP contribution in [0, 0.1) is 0 Å². The standard InChI is InChI=1S/C16H21N3O4/c1-12-7-8-19(17-12)14-5-3-13(4-6-14)16(22)18(9-10-23-2)11-15(20)21/h3-6H,7-11H2,1-2H3,(H,20,21). The molecule has 0 saturated carbocycles. The van der Waals surface area contributed by atoms with E-state index in [1.165, 1.54) is 12.0 Å². The summed E-state index contributed by atoms with van der Waals surface area (Å²) in [4.78, 5) is 24.6. The number of aliphatic carboxylic acids is 1. The van der Waals surface area contributed by atoms with E-state index in [9.17, 15) is 9.59 Å². The number of ether oxygens (including phenoxy) is 1. The van der Waals surface area contributed by atoms with Crippen molar-refractivity contribution in [1.82, 2.24) is 4.90 Å². The van der Waals surface area contributed by atoms with E-state index < -0.39 is 5.97 Å². The average Bonchev–Trinajstić information content (AvgIpc) is 2.97. The van der Waals surface area contributed by atoms with E-state index in [-0.39, 0.29) is 19.0 Å². The van der Waals surface area contributed by atoms with Crippen LogP contribution >= 0.6 is 0 Å². The highest BCUT2D eigenvalue weighted by Crippen LogP contribution is 2.20. The number of carboxylic acids is 1. The first-order chi connectivity index (χ1) is 11.0. The summed E-state index contributed by atoms with van der Waals surface area (Å²) in [5.41, 5.74) is 2.45. The van der Waals surface area contributed by atoms with Gasteiger partial charge in [0, 0.05) is 37.9 Å². The van der Waals surface area contributed by atoms with Crippen molar-refractivity contribution < 1.29 is 19.4 Å². The van der Waals surface area contributed by atoms with Crippen LogP contribution in [-0.2, 0) is 9.53 Å². The Bertz CT molecular complexity index is 598. The van der Waals surface area contributed by atoms with Crippen LogP contribution in [-0.4, -0.2) is 60.9 Å². The van der Waals surface area contributed by atoms with Gasteiger partial charge in [0.1, 0.15) is 6.54 Å². The monoisotopic (exact) mass is 319 g/mol. The summed E-state index contributed by atoms with van der Waals surface area (Å²) < 4.78 is 4.93. The molecule has 0 fully saturated rings. The quantitative estimate of drug-likeness (QED) is 0.822. The summed E-state index contributed by atoms with van der Waals surface area (Å²) in [6.07, 6.45) is 0.935. The number of carbonyl (C=O) groups is 2. The van der Waals surface area contributed by atoms with Crippen LogP contribution in [0.25, 0.3) is 0 Å². The smallest absolute Gasteiger partial charge is 0.323 e. The molecule has 0 atom stereocenters. The second-order valence-electron chi connectivity index (χ2n) is 5.37. The maximum absolute atomic E-state index is 12.4. The maximum atomic E-state index is 12.4. The number of anilines is 1. The van der Waals surface area contributed by atoms with E-state index in [4.69, 9.17) is 9.84 Å². The zero-order valence-corrected chi connectivity index (χ0v) is 13.4. The van der Waals surface area contributed by atoms with Crippen LogP contribution in [0.15, 0.2) is 29.4 Å². The molecule has 1 aromatic carbocycles. The number of carboxylic acid groups (broad SMARTS) is 1. The molecule has 0 unspecified atom stereocenters. The minimum Gasteiger partial charge on any atom is -0.480 e. The van der Waals surface area contributed by atoms with Crippen LogP contribution in [0.2, 0.25) is 0 Å². The molecule has 1 aliphatic heterocycles. The number of rotatable bonds is 7. The van der Waals surface area contributed by atoms with Crippen molar-refractivity contribution in [3.05, 3.63) is 29.8 Å². The molecule has 0 spiro atoms. The number of hydrogen-bond donors (Lipinski definition) is 1. The van der Waals surface area contributed by atoms with Crippen molar-refractivity contribution in [2.24, 2.45) is 5.10 Å². The van der Waals surface area contributed by atoms with E-state index in [0.717, 1.165) is 24.4 Å². The van der Waals surface area contributed by atoms with E-state index in [2.05, 4.69) is 5.10 Å². The zero-order valence-electron chi connectivity index (χ0n) is 13.4. The van der Waals surface area contributed by atoms with Gasteiger partial charge in [-0.1, -0.05) is 0 Å². The number of hydrogen-bond acceptors (Lipinski definition) is 5. The summed E-state index contributed by atoms with van der Waals surface area (Å²) >= 11 is 0. The molecule has 1 aliphatic rings. The Hall–Kier alpha value is -2.41. The molecule has 0 saturated heterocycles. The van der Waals surface area contributed by atoms with Crippen LogP contribution in [0.4, 0.5) is 5.69 Å². The molecule has 1 heterocycles. The van der Waals surface area contributed by atoms with Gasteiger partial charge in [-0.2, -0.15) is 5.10 Å². The molecule has 1 aromatic rings. The molecular formula is C16H21N3O4. The fourth-order valence-corrected chi connectivity index (χ4v) is 2.34. The third-order valence-corrected chi connectivity index (χ3v) is 3.57. The van der Waals surface area contributed by atoms with Crippen LogP contribution in [0.5, 0.6) is 0 Å². The normalized spacial score (nSPS) is 13.8. The van der Waals surface area contributed by atoms with Crippen molar-refractivity contribution in [2.45, 2.75) is 13.3 Å². The van der Waals surface area contributed by atoms with Gasteiger partial charge in [-0.15, -0.1) is 0 Å². The molecule has 0 radical (unpaired) electrons. The molecule has 7 nitrogen and oxygen atoms in total. The van der Waals surface area contributed by atoms with Gasteiger partial charge in [0.2, 0.25) is 0 Å². The molecule has 7 heteroatoms. The summed E-state index contributed by atoms with van der Waals surface area (Å²) in [5.74, 6) is -1.37. The van der Waals surface area contributed by atoms with Gasteiger partial charge in [0.05, 0.1) is 12.3 Å². The van der Waals surface area contributed by atoms with Crippen molar-refractivity contribution >= 4 is 23.3 Å². The first-order valence-corrected chi connectivity index (χ1v) is 7.43. The molecule has 0 bridgehead atoms. The van der Waals surface area contributed by atoms with Gasteiger partial charge in [-0.3, -0.25) is 14.6 Å². The average molecular weight is 319 g/mol. The number of amides is 1. The number of carbonyl (C=O) groups excluding carboxylic acids is 1. The molecule has 0 aliphatic carbocycles. The maximum Gasteiger partial charge on any atom is 0.323 e. The predicted molar refractivity (Wildman–Crippen MR) is 86.9 cm³/mol. The third-order valence-electron chi connectivity index (χ3n) is 3.57. The number of hydrazone groups is 1. The number of methoxy groups -OCH3 is 1. The SMILES string of the molecule is COCCN(CC(=O)O)C(=O)c1ccc(N2CCC(C)=N2)cc1. The topological polar surface area (TPSA) is 82.4 Å². The molecule has 1 amide bonds. The highest BCUT2D eigenvalue weighted by molar-refractivity contribution is 5.96. The predicted octanol–water partition coefficient (Wildman–Crippen LogP) is 1.45. The minimum absolute atomic E-state index is 0.235. The Morgan fingerprint density at radius 2 is 2.04 bits per heavy atom. The van der Waals surface area contributed by atoms with Crippen LogP contribution < -0.4 is 5.01 Å². The highest BCUT2D eigenvalue weighted by atomic mass is 16.5. The lowest BCUT2D eigenvalue weighted by atomic mass is 10.1. The van der Waals surface area contributed by atoms with E-state index >= 15 is 0 Å². The Labute approximate surface area is 135 Å². The van der Waals surface area contributed by atoms with E-state index in [1.54, 1.807) is 12.1 Å². The minimum atomic E-state index is -1.05. The summed E-state index contributed by atoms with van der Waals surface area (Å²) in [7, 11) is 1.51. The van der Waals surface area contributed by atoms with Crippen LogP contribution in [0.1, 0.15) is 23.7 Å². The Kier molecular flexibility index (Phi) is 5.70. The first kappa shape index (κ1) is 17.0. The molecule has 1 N–H and O–H groups in total. The van der Waals surface area contributed by atoms with Crippen LogP contribution in [0.3, 0.4) is 0 Å². The molecule has 23 heavy (non-hydrogen) atoms. The Balaban J connectivity index is 2.09. The van der Waals surface area contributed by atoms with Gasteiger partial charge in [-0.05, 0) is 31.2 Å². The lowest BCUT2D eigenvalue weighted by molar-refractivity contribution is -0.137. The van der Waals surface area contributed by atoms with Crippen molar-refractivity contribution in [3.63, 3.8) is 0 Å². The van der Waals surface area contributed by atoms with Gasteiger partial charge < -0.3 is 14.7 Å². The zero-order chi connectivity index (χ0) is 16.8. The van der Waals surface area contributed by atoms with Crippen molar-refractivity contribution in [1.29, 1.82) is 0 Å². The molecule has 124 valence electrons. The van der Waals surface area contributed by atoms with Gasteiger partial charge in [0.25, 0.3) is 5.91 Å². The summed E-state index contributed by atoms with van der Waals surface area (Å²) in [6.45, 7) is 2.99. The lowest BCUT2D eigenvalue weighted by Gasteiger charge is -2.21. The fourth-order valence-electron chi connectivity index (χ4n) is 2.34. The van der Waals surface area contributed by atoms with Crippen molar-refractivity contribution in [3.8, 4) is 0 Å². The largest absolute Gasteiger partial charge is 0.480 e. The highest BCUT2D eigenvalue weighted by Gasteiger charge is 2.19. The summed E-state index contributed by atoms with van der Waals surface area (Å²) in [5, 5.41) is 15.2. The third kappa shape index (κ3) is 4.53. The van der Waals surface area contributed by atoms with E-state index in [0.29, 0.717) is 12.2 Å². The molecule has 2 rings (SSSR count). The van der Waals surface area contributed by atoms with Gasteiger partial charge in [-0.25, -0.2) is 0 Å². The lowest BCUT2D eigenvalue weighted by Crippen LogP contribution is -2.38. The Morgan fingerprint density at radius 1 is 1.35 bits per heavy atom. The van der Waals surface area contributed by atoms with E-state index in [1.807, 2.05) is 24.1 Å². The second-order valence-corrected chi connectivity index (χ2v) is 5.37. The van der Waals surface area contributed by atoms with Crippen molar-refractivity contribution in [2.75, 3.05) is 38.4 Å². The number of nitrogens with zero attached hydrogens (tertiary/aromatic N) is 3. The second kappa shape index (κ2) is 7.73.